The maximum Gasteiger partial charge on any atom is 0.422 e. The van der Waals surface area contributed by atoms with E-state index in [4.69, 9.17) is 19.5 Å². The van der Waals surface area contributed by atoms with Gasteiger partial charge in [0.25, 0.3) is 5.89 Å². The average Bonchev–Trinajstić information content (AvgIpc) is 3.44. The molecule has 0 saturated carbocycles. The van der Waals surface area contributed by atoms with Crippen LogP contribution in [-0.4, -0.2) is 27.9 Å². The van der Waals surface area contributed by atoms with Crippen molar-refractivity contribution in [2.45, 2.75) is 25.1 Å². The Kier molecular flexibility index (Phi) is 4.74. The number of rotatable bonds is 3. The van der Waals surface area contributed by atoms with Gasteiger partial charge in [-0.1, -0.05) is 59.7 Å². The summed E-state index contributed by atoms with van der Waals surface area (Å²) in [5.74, 6) is -0.224. The molecule has 1 aliphatic rings. The molecule has 0 amide bonds. The predicted molar refractivity (Wildman–Crippen MR) is 108 cm³/mol. The third-order valence-electron chi connectivity index (χ3n) is 5.48. The second-order valence-corrected chi connectivity index (χ2v) is 7.54. The molecule has 0 fully saturated rings. The van der Waals surface area contributed by atoms with Crippen LogP contribution in [0, 0.1) is 0 Å². The molecular weight excluding hydrogens is 425 g/mol. The van der Waals surface area contributed by atoms with Crippen molar-refractivity contribution in [1.29, 1.82) is 0 Å². The Balaban J connectivity index is 1.54. The summed E-state index contributed by atoms with van der Waals surface area (Å²) in [6.45, 7) is 2.37. The summed E-state index contributed by atoms with van der Waals surface area (Å²) >= 11 is 0. The molecular formula is C22H17F3N4O3. The third-order valence-corrected chi connectivity index (χ3v) is 5.48. The molecule has 2 aromatic carbocycles. The lowest BCUT2D eigenvalue weighted by Gasteiger charge is -2.28. The number of halogens is 3. The molecule has 2 N–H and O–H groups in total. The van der Waals surface area contributed by atoms with Gasteiger partial charge >= 0.3 is 6.18 Å². The van der Waals surface area contributed by atoms with Crippen molar-refractivity contribution >= 4 is 0 Å². The molecule has 3 heterocycles. The van der Waals surface area contributed by atoms with Crippen LogP contribution in [0.15, 0.2) is 57.6 Å². The van der Waals surface area contributed by atoms with Gasteiger partial charge in [-0.05, 0) is 11.6 Å². The average molecular weight is 442 g/mol. The number of nitrogens with zero attached hydrogens (tertiary/aromatic N) is 3. The van der Waals surface area contributed by atoms with Crippen molar-refractivity contribution in [2.75, 3.05) is 6.61 Å². The number of hydrogen-bond donors (Lipinski definition) is 1. The van der Waals surface area contributed by atoms with Crippen LogP contribution in [0.1, 0.15) is 24.0 Å². The molecule has 32 heavy (non-hydrogen) atoms. The van der Waals surface area contributed by atoms with E-state index in [0.29, 0.717) is 17.9 Å². The summed E-state index contributed by atoms with van der Waals surface area (Å²) in [5.41, 5.74) is 6.34. The summed E-state index contributed by atoms with van der Waals surface area (Å²) in [6.07, 6.45) is -4.75. The molecule has 0 saturated heterocycles. The van der Waals surface area contributed by atoms with E-state index in [2.05, 4.69) is 15.3 Å². The monoisotopic (exact) mass is 442 g/mol. The molecule has 2 atom stereocenters. The van der Waals surface area contributed by atoms with E-state index >= 15 is 0 Å². The molecule has 0 radical (unpaired) electrons. The Labute approximate surface area is 180 Å². The van der Waals surface area contributed by atoms with Gasteiger partial charge in [0.2, 0.25) is 11.6 Å². The van der Waals surface area contributed by atoms with Crippen molar-refractivity contribution in [3.05, 3.63) is 59.7 Å². The summed E-state index contributed by atoms with van der Waals surface area (Å²) in [6, 6.07) is 13.1. The van der Waals surface area contributed by atoms with E-state index < -0.39 is 23.4 Å². The summed E-state index contributed by atoms with van der Waals surface area (Å²) in [5, 5.41) is 7.46. The Hall–Kier alpha value is -3.66. The first kappa shape index (κ1) is 20.3. The van der Waals surface area contributed by atoms with Gasteiger partial charge in [0.15, 0.2) is 0 Å². The molecule has 0 bridgehead atoms. The highest BCUT2D eigenvalue weighted by Crippen LogP contribution is 2.43. The molecule has 5 rings (SSSR count). The van der Waals surface area contributed by atoms with Crippen molar-refractivity contribution in [1.82, 2.24) is 15.3 Å². The van der Waals surface area contributed by atoms with E-state index in [9.17, 15) is 13.2 Å². The zero-order valence-electron chi connectivity index (χ0n) is 16.8. The Morgan fingerprint density at radius 3 is 2.53 bits per heavy atom. The quantitative estimate of drug-likeness (QED) is 0.482. The van der Waals surface area contributed by atoms with Crippen LogP contribution in [0.3, 0.4) is 0 Å². The summed E-state index contributed by atoms with van der Waals surface area (Å²) in [7, 11) is 0. The van der Waals surface area contributed by atoms with Gasteiger partial charge in [-0.25, -0.2) is 0 Å². The topological polar surface area (TPSA) is 100 Å². The fourth-order valence-electron chi connectivity index (χ4n) is 3.66. The smallest absolute Gasteiger partial charge is 0.422 e. The lowest BCUT2D eigenvalue weighted by atomic mass is 9.90. The van der Waals surface area contributed by atoms with E-state index in [-0.39, 0.29) is 29.0 Å². The molecule has 0 spiro atoms. The maximum absolute atomic E-state index is 13.9. The van der Waals surface area contributed by atoms with Crippen LogP contribution >= 0.6 is 0 Å². The fraction of sp³-hybridized carbons (Fsp3) is 0.227. The molecule has 4 aromatic rings. The van der Waals surface area contributed by atoms with Crippen molar-refractivity contribution in [3.63, 3.8) is 0 Å². The summed E-state index contributed by atoms with van der Waals surface area (Å²) < 4.78 is 57.5. The Bertz CT molecular complexity index is 1270. The van der Waals surface area contributed by atoms with E-state index in [1.165, 1.54) is 12.1 Å². The zero-order valence-corrected chi connectivity index (χ0v) is 16.8. The lowest BCUT2D eigenvalue weighted by Crippen LogP contribution is -2.36. The van der Waals surface area contributed by atoms with Gasteiger partial charge in [-0.3, -0.25) is 0 Å². The first-order chi connectivity index (χ1) is 15.3. The van der Waals surface area contributed by atoms with Crippen LogP contribution < -0.4 is 10.5 Å². The van der Waals surface area contributed by atoms with E-state index in [1.54, 1.807) is 30.3 Å². The first-order valence-corrected chi connectivity index (χ1v) is 9.82. The van der Waals surface area contributed by atoms with Gasteiger partial charge in [0, 0.05) is 23.1 Å². The van der Waals surface area contributed by atoms with Gasteiger partial charge in [-0.2, -0.15) is 18.2 Å². The predicted octanol–water partition coefficient (Wildman–Crippen LogP) is 4.90. The SMILES string of the molecule is CC1c2ccc(-c3noc(-c4onc(-c5ccccc5)c4C(F)(F)F)n3)cc2OCC1N. The highest BCUT2D eigenvalue weighted by atomic mass is 19.4. The zero-order chi connectivity index (χ0) is 22.5. The molecule has 10 heteroatoms. The van der Waals surface area contributed by atoms with Crippen LogP contribution in [-0.2, 0) is 6.18 Å². The molecule has 7 nitrogen and oxygen atoms in total. The largest absolute Gasteiger partial charge is 0.492 e. The number of nitrogens with two attached hydrogens (primary N) is 1. The van der Waals surface area contributed by atoms with E-state index in [1.807, 2.05) is 13.0 Å². The normalized spacial score (nSPS) is 18.3. The number of fused-ring (bicyclic) bond motifs is 1. The second kappa shape index (κ2) is 7.49. The molecule has 2 unspecified atom stereocenters. The molecule has 164 valence electrons. The number of hydrogen-bond acceptors (Lipinski definition) is 7. The number of alkyl halides is 3. The van der Waals surface area contributed by atoms with Crippen LogP contribution in [0.4, 0.5) is 13.2 Å². The van der Waals surface area contributed by atoms with Gasteiger partial charge in [0.05, 0.1) is 0 Å². The second-order valence-electron chi connectivity index (χ2n) is 7.54. The molecule has 0 aliphatic carbocycles. The highest BCUT2D eigenvalue weighted by Gasteiger charge is 2.43. The Morgan fingerprint density at radius 2 is 1.78 bits per heavy atom. The maximum atomic E-state index is 13.9. The Morgan fingerprint density at radius 1 is 1.00 bits per heavy atom. The lowest BCUT2D eigenvalue weighted by molar-refractivity contribution is -0.136. The number of aromatic nitrogens is 3. The molecule has 2 aromatic heterocycles. The van der Waals surface area contributed by atoms with Crippen LogP contribution in [0.25, 0.3) is 34.3 Å². The molecule has 1 aliphatic heterocycles. The first-order valence-electron chi connectivity index (χ1n) is 9.82. The minimum Gasteiger partial charge on any atom is -0.492 e. The standard InChI is InChI=1S/C22H17F3N4O3/c1-11-14-8-7-13(9-16(14)30-10-15(11)26)20-27-21(32-29-20)19-17(22(23,24)25)18(28-31-19)12-5-3-2-4-6-12/h2-9,11,15H,10,26H2,1H3. The minimum absolute atomic E-state index is 0.0970. The fourth-order valence-corrected chi connectivity index (χ4v) is 3.66. The van der Waals surface area contributed by atoms with Crippen molar-refractivity contribution < 1.29 is 27.0 Å². The van der Waals surface area contributed by atoms with Crippen LogP contribution in [0.5, 0.6) is 5.75 Å². The highest BCUT2D eigenvalue weighted by molar-refractivity contribution is 5.71. The number of benzene rings is 2. The van der Waals surface area contributed by atoms with Crippen molar-refractivity contribution in [3.8, 4) is 40.0 Å². The minimum atomic E-state index is -4.75. The number of ether oxygens (including phenoxy) is 1. The van der Waals surface area contributed by atoms with Gasteiger partial charge in [0.1, 0.15) is 23.6 Å². The van der Waals surface area contributed by atoms with E-state index in [0.717, 1.165) is 5.56 Å². The van der Waals surface area contributed by atoms with Gasteiger partial charge in [-0.15, -0.1) is 0 Å². The van der Waals surface area contributed by atoms with Crippen LogP contribution in [0.2, 0.25) is 0 Å². The third kappa shape index (κ3) is 3.42. The van der Waals surface area contributed by atoms with Crippen molar-refractivity contribution in [2.24, 2.45) is 5.73 Å². The summed E-state index contributed by atoms with van der Waals surface area (Å²) in [4.78, 5) is 4.12. The van der Waals surface area contributed by atoms with Gasteiger partial charge < -0.3 is 19.5 Å².